The average molecular weight is 319 g/mol. The van der Waals surface area contributed by atoms with E-state index >= 15 is 0 Å². The molecule has 0 aliphatic carbocycles. The molecular formula is C19H30O2Si. The van der Waals surface area contributed by atoms with Crippen LogP contribution in [-0.2, 0) is 15.8 Å². The van der Waals surface area contributed by atoms with Gasteiger partial charge in [-0.1, -0.05) is 51.1 Å². The lowest BCUT2D eigenvalue weighted by Crippen LogP contribution is -2.43. The first-order chi connectivity index (χ1) is 10.6. The second kappa shape index (κ2) is 9.84. The summed E-state index contributed by atoms with van der Waals surface area (Å²) >= 11 is 0. The molecule has 1 rings (SSSR count). The summed E-state index contributed by atoms with van der Waals surface area (Å²) in [6, 6.07) is 13.6. The highest BCUT2D eigenvalue weighted by Crippen LogP contribution is 2.26. The largest absolute Gasteiger partial charge is 0.410 e. The first-order valence-corrected chi connectivity index (χ1v) is 10.9. The maximum absolute atomic E-state index is 6.55. The van der Waals surface area contributed by atoms with E-state index in [-0.39, 0.29) is 12.0 Å². The number of terminal acetylenes is 1. The van der Waals surface area contributed by atoms with Crippen molar-refractivity contribution in [1.29, 1.82) is 0 Å². The normalized spacial score (nSPS) is 14.3. The third-order valence-electron chi connectivity index (χ3n) is 4.55. The van der Waals surface area contributed by atoms with Gasteiger partial charge < -0.3 is 9.16 Å². The Labute approximate surface area is 137 Å². The highest BCUT2D eigenvalue weighted by Gasteiger charge is 2.33. The third-order valence-corrected chi connectivity index (χ3v) is 9.22. The fourth-order valence-corrected chi connectivity index (χ4v) is 5.49. The van der Waals surface area contributed by atoms with E-state index in [1.165, 1.54) is 5.56 Å². The number of hydrogen-bond donors (Lipinski definition) is 0. The van der Waals surface area contributed by atoms with E-state index in [4.69, 9.17) is 15.6 Å². The Morgan fingerprint density at radius 2 is 1.68 bits per heavy atom. The Morgan fingerprint density at radius 3 is 2.18 bits per heavy atom. The minimum atomic E-state index is -1.66. The highest BCUT2D eigenvalue weighted by molar-refractivity contribution is 6.73. The van der Waals surface area contributed by atoms with Crippen molar-refractivity contribution < 1.29 is 9.16 Å². The minimum Gasteiger partial charge on any atom is -0.410 e. The van der Waals surface area contributed by atoms with Crippen molar-refractivity contribution in [3.8, 4) is 12.3 Å². The zero-order chi connectivity index (χ0) is 16.4. The van der Waals surface area contributed by atoms with Crippen LogP contribution < -0.4 is 0 Å². The van der Waals surface area contributed by atoms with Gasteiger partial charge in [0.15, 0.2) is 8.32 Å². The molecule has 0 radical (unpaired) electrons. The maximum Gasteiger partial charge on any atom is 0.192 e. The van der Waals surface area contributed by atoms with Crippen LogP contribution in [0.2, 0.25) is 18.1 Å². The molecule has 0 saturated carbocycles. The molecular weight excluding hydrogens is 288 g/mol. The van der Waals surface area contributed by atoms with Crippen LogP contribution in [0.3, 0.4) is 0 Å². The van der Waals surface area contributed by atoms with Crippen molar-refractivity contribution in [3.63, 3.8) is 0 Å². The van der Waals surface area contributed by atoms with Gasteiger partial charge in [0.1, 0.15) is 0 Å². The summed E-state index contributed by atoms with van der Waals surface area (Å²) in [5.74, 6) is 2.90. The number of rotatable bonds is 10. The van der Waals surface area contributed by atoms with Crippen molar-refractivity contribution in [1.82, 2.24) is 0 Å². The molecule has 2 nitrogen and oxygen atoms in total. The van der Waals surface area contributed by atoms with Crippen LogP contribution >= 0.6 is 0 Å². The van der Waals surface area contributed by atoms with Crippen molar-refractivity contribution >= 4 is 8.32 Å². The maximum atomic E-state index is 6.55. The molecule has 0 fully saturated rings. The molecule has 0 bridgehead atoms. The van der Waals surface area contributed by atoms with Crippen LogP contribution in [0, 0.1) is 18.3 Å². The van der Waals surface area contributed by atoms with E-state index < -0.39 is 8.32 Å². The van der Waals surface area contributed by atoms with Crippen molar-refractivity contribution in [2.75, 3.05) is 6.61 Å². The number of hydrogen-bond acceptors (Lipinski definition) is 2. The topological polar surface area (TPSA) is 18.5 Å². The zero-order valence-corrected chi connectivity index (χ0v) is 15.5. The third kappa shape index (κ3) is 5.60. The summed E-state index contributed by atoms with van der Waals surface area (Å²) in [7, 11) is -1.66. The summed E-state index contributed by atoms with van der Waals surface area (Å²) in [5, 5.41) is 0. The van der Waals surface area contributed by atoms with E-state index in [2.05, 4.69) is 45.7 Å². The Bertz CT molecular complexity index is 440. The highest BCUT2D eigenvalue weighted by atomic mass is 28.4. The fraction of sp³-hybridized carbons (Fsp3) is 0.579. The molecule has 22 heavy (non-hydrogen) atoms. The first-order valence-electron chi connectivity index (χ1n) is 8.36. The van der Waals surface area contributed by atoms with Crippen LogP contribution in [0.1, 0.15) is 33.3 Å². The lowest BCUT2D eigenvalue weighted by atomic mass is 10.1. The SMILES string of the molecule is C#C[C@@H](C)[C@@H](COCc1ccccc1)O[Si](CC)(CC)CC. The molecule has 0 heterocycles. The quantitative estimate of drug-likeness (QED) is 0.453. The minimum absolute atomic E-state index is 0.000212. The van der Waals surface area contributed by atoms with Gasteiger partial charge in [0.05, 0.1) is 19.3 Å². The van der Waals surface area contributed by atoms with Gasteiger partial charge in [0.2, 0.25) is 0 Å². The van der Waals surface area contributed by atoms with Gasteiger partial charge in [0.25, 0.3) is 0 Å². The molecule has 122 valence electrons. The predicted molar refractivity (Wildman–Crippen MR) is 96.2 cm³/mol. The van der Waals surface area contributed by atoms with Crippen LogP contribution in [0.15, 0.2) is 30.3 Å². The molecule has 0 aliphatic heterocycles. The van der Waals surface area contributed by atoms with Gasteiger partial charge in [0, 0.05) is 5.92 Å². The molecule has 1 aromatic carbocycles. The molecule has 2 atom stereocenters. The Balaban J connectivity index is 2.63. The number of ether oxygens (including phenoxy) is 1. The van der Waals surface area contributed by atoms with Crippen molar-refractivity contribution in [3.05, 3.63) is 35.9 Å². The van der Waals surface area contributed by atoms with E-state index in [0.29, 0.717) is 13.2 Å². The van der Waals surface area contributed by atoms with Crippen LogP contribution in [0.5, 0.6) is 0 Å². The van der Waals surface area contributed by atoms with Gasteiger partial charge in [-0.3, -0.25) is 0 Å². The fourth-order valence-electron chi connectivity index (χ4n) is 2.58. The van der Waals surface area contributed by atoms with Gasteiger partial charge in [-0.05, 0) is 30.6 Å². The van der Waals surface area contributed by atoms with Gasteiger partial charge in [-0.15, -0.1) is 12.3 Å². The molecule has 0 unspecified atom stereocenters. The molecule has 0 aliphatic rings. The molecule has 0 aromatic heterocycles. The zero-order valence-electron chi connectivity index (χ0n) is 14.5. The Kier molecular flexibility index (Phi) is 8.48. The van der Waals surface area contributed by atoms with Gasteiger partial charge in [-0.2, -0.15) is 0 Å². The van der Waals surface area contributed by atoms with Gasteiger partial charge >= 0.3 is 0 Å². The van der Waals surface area contributed by atoms with E-state index in [1.54, 1.807) is 0 Å². The standard InChI is InChI=1S/C19H30O2Si/c1-6-17(5)19(21-22(7-2,8-3)9-4)16-20-15-18-13-11-10-12-14-18/h1,10-14,17,19H,7-9,15-16H2,2-5H3/t17-,19-/m1/s1. The van der Waals surface area contributed by atoms with E-state index in [0.717, 1.165) is 18.1 Å². The van der Waals surface area contributed by atoms with E-state index in [9.17, 15) is 0 Å². The monoisotopic (exact) mass is 318 g/mol. The second-order valence-corrected chi connectivity index (χ2v) is 10.6. The van der Waals surface area contributed by atoms with Crippen LogP contribution in [0.25, 0.3) is 0 Å². The summed E-state index contributed by atoms with van der Waals surface area (Å²) < 4.78 is 12.4. The first kappa shape index (κ1) is 19.0. The summed E-state index contributed by atoms with van der Waals surface area (Å²) in [4.78, 5) is 0. The molecule has 3 heteroatoms. The molecule has 1 aromatic rings. The van der Waals surface area contributed by atoms with E-state index in [1.807, 2.05) is 18.2 Å². The predicted octanol–water partition coefficient (Wildman–Crippen LogP) is 4.86. The number of benzene rings is 1. The Hall–Kier alpha value is -1.08. The summed E-state index contributed by atoms with van der Waals surface area (Å²) in [6.45, 7) is 9.94. The molecule has 0 spiro atoms. The molecule has 0 N–H and O–H groups in total. The van der Waals surface area contributed by atoms with Crippen molar-refractivity contribution in [2.45, 2.75) is 58.5 Å². The second-order valence-electron chi connectivity index (χ2n) is 5.86. The smallest absolute Gasteiger partial charge is 0.192 e. The molecule has 0 amide bonds. The lowest BCUT2D eigenvalue weighted by Gasteiger charge is -2.34. The van der Waals surface area contributed by atoms with Crippen LogP contribution in [-0.4, -0.2) is 21.0 Å². The van der Waals surface area contributed by atoms with Gasteiger partial charge in [-0.25, -0.2) is 0 Å². The van der Waals surface area contributed by atoms with Crippen LogP contribution in [0.4, 0.5) is 0 Å². The lowest BCUT2D eigenvalue weighted by molar-refractivity contribution is 0.0212. The Morgan fingerprint density at radius 1 is 1.09 bits per heavy atom. The molecule has 0 saturated heterocycles. The van der Waals surface area contributed by atoms with Crippen molar-refractivity contribution in [2.24, 2.45) is 5.92 Å². The average Bonchev–Trinajstić information content (AvgIpc) is 2.58. The summed E-state index contributed by atoms with van der Waals surface area (Å²) in [5.41, 5.74) is 1.18. The summed E-state index contributed by atoms with van der Waals surface area (Å²) in [6.07, 6.45) is 5.63.